The van der Waals surface area contributed by atoms with E-state index in [9.17, 15) is 18.0 Å². The van der Waals surface area contributed by atoms with Crippen LogP contribution in [0.2, 0.25) is 0 Å². The number of ether oxygens (including phenoxy) is 2. The summed E-state index contributed by atoms with van der Waals surface area (Å²) in [5, 5.41) is 9.68. The van der Waals surface area contributed by atoms with Crippen LogP contribution in [-0.2, 0) is 19.7 Å². The van der Waals surface area contributed by atoms with Gasteiger partial charge in [0.1, 0.15) is 0 Å². The van der Waals surface area contributed by atoms with Gasteiger partial charge >= 0.3 is 6.18 Å². The van der Waals surface area contributed by atoms with Crippen molar-refractivity contribution in [3.8, 4) is 0 Å². The Labute approximate surface area is 180 Å². The Morgan fingerprint density at radius 2 is 2.06 bits per heavy atom. The fraction of sp³-hybridized carbons (Fsp3) is 0.810. The lowest BCUT2D eigenvalue weighted by molar-refractivity contribution is -0.177. The largest absolute Gasteiger partial charge is 0.389 e. The number of amides is 1. The number of nitrogens with one attached hydrogen (secondary N) is 2. The number of halogens is 3. The molecule has 2 aliphatic rings. The molecule has 3 rings (SSSR count). The molecular weight excluding hydrogens is 415 g/mol. The highest BCUT2D eigenvalue weighted by molar-refractivity contribution is 5.96. The molecule has 0 bridgehead atoms. The highest BCUT2D eigenvalue weighted by atomic mass is 19.4. The highest BCUT2D eigenvalue weighted by Crippen LogP contribution is 2.44. The van der Waals surface area contributed by atoms with Gasteiger partial charge in [0.25, 0.3) is 0 Å². The molecule has 1 aromatic heterocycles. The molecule has 1 amide bonds. The van der Waals surface area contributed by atoms with E-state index in [1.165, 1.54) is 0 Å². The number of alkyl halides is 3. The summed E-state index contributed by atoms with van der Waals surface area (Å²) in [5.74, 6) is -0.193. The maximum Gasteiger partial charge on any atom is 0.389 e. The Hall–Kier alpha value is -1.65. The first-order chi connectivity index (χ1) is 14.6. The van der Waals surface area contributed by atoms with Gasteiger partial charge in [-0.1, -0.05) is 11.6 Å². The molecule has 2 fully saturated rings. The molecule has 1 aromatic rings. The van der Waals surface area contributed by atoms with Crippen molar-refractivity contribution in [2.24, 2.45) is 0 Å². The van der Waals surface area contributed by atoms with Crippen molar-refractivity contribution in [1.29, 1.82) is 0 Å². The van der Waals surface area contributed by atoms with Gasteiger partial charge in [-0.2, -0.15) is 13.2 Å². The van der Waals surface area contributed by atoms with E-state index in [1.54, 1.807) is 19.9 Å². The van der Waals surface area contributed by atoms with Gasteiger partial charge in [-0.05, 0) is 58.9 Å². The third kappa shape index (κ3) is 6.66. The van der Waals surface area contributed by atoms with E-state index in [1.807, 2.05) is 0 Å². The second kappa shape index (κ2) is 9.87. The van der Waals surface area contributed by atoms with Crippen LogP contribution < -0.4 is 10.6 Å². The van der Waals surface area contributed by atoms with E-state index in [2.05, 4.69) is 15.8 Å². The number of rotatable bonds is 10. The van der Waals surface area contributed by atoms with Crippen molar-refractivity contribution in [2.75, 3.05) is 25.1 Å². The minimum Gasteiger partial charge on any atom is -0.353 e. The maximum atomic E-state index is 12.6. The fourth-order valence-electron chi connectivity index (χ4n) is 3.80. The molecule has 1 unspecified atom stereocenters. The van der Waals surface area contributed by atoms with Gasteiger partial charge in [0.15, 0.2) is 6.29 Å². The molecule has 1 saturated heterocycles. The van der Waals surface area contributed by atoms with Gasteiger partial charge in [0.05, 0.1) is 17.8 Å². The van der Waals surface area contributed by atoms with Crippen LogP contribution >= 0.6 is 0 Å². The van der Waals surface area contributed by atoms with Gasteiger partial charge < -0.3 is 19.3 Å². The predicted molar refractivity (Wildman–Crippen MR) is 108 cm³/mol. The van der Waals surface area contributed by atoms with E-state index in [-0.39, 0.29) is 30.6 Å². The smallest absolute Gasteiger partial charge is 0.353 e. The third-order valence-corrected chi connectivity index (χ3v) is 6.06. The van der Waals surface area contributed by atoms with Crippen molar-refractivity contribution in [1.82, 2.24) is 10.5 Å². The standard InChI is InChI=1S/C21H32F3N3O4/c1-19(2,25-11-6-10-21(22,23)24)18(28)26-16-13-15(27-31-16)20(8-5-9-20)14-30-17-7-3-4-12-29-17/h13,17,25H,3-12,14H2,1-2H3,(H,26,28). The molecule has 1 aliphatic heterocycles. The van der Waals surface area contributed by atoms with Crippen LogP contribution in [0.25, 0.3) is 0 Å². The molecule has 1 saturated carbocycles. The number of carbonyl (C=O) groups excluding carboxylic acids is 1. The highest BCUT2D eigenvalue weighted by Gasteiger charge is 2.43. The minimum absolute atomic E-state index is 0.0747. The van der Waals surface area contributed by atoms with Crippen molar-refractivity contribution >= 4 is 11.8 Å². The van der Waals surface area contributed by atoms with Crippen LogP contribution in [0.3, 0.4) is 0 Å². The summed E-state index contributed by atoms with van der Waals surface area (Å²) in [4.78, 5) is 12.6. The number of carbonyl (C=O) groups is 1. The van der Waals surface area contributed by atoms with E-state index in [4.69, 9.17) is 14.0 Å². The predicted octanol–water partition coefficient (Wildman–Crippen LogP) is 4.29. The lowest BCUT2D eigenvalue weighted by Crippen LogP contribution is -2.50. The zero-order valence-electron chi connectivity index (χ0n) is 18.1. The van der Waals surface area contributed by atoms with Crippen LogP contribution in [0.4, 0.5) is 19.1 Å². The molecule has 2 heterocycles. The molecule has 1 aliphatic carbocycles. The van der Waals surface area contributed by atoms with Crippen LogP contribution in [0, 0.1) is 0 Å². The lowest BCUT2D eigenvalue weighted by atomic mass is 9.67. The third-order valence-electron chi connectivity index (χ3n) is 6.06. The molecular formula is C21H32F3N3O4. The summed E-state index contributed by atoms with van der Waals surface area (Å²) in [7, 11) is 0. The first kappa shape index (κ1) is 24.0. The zero-order chi connectivity index (χ0) is 22.5. The molecule has 176 valence electrons. The monoisotopic (exact) mass is 447 g/mol. The molecule has 1 atom stereocenters. The van der Waals surface area contributed by atoms with Crippen molar-refractivity contribution in [3.05, 3.63) is 11.8 Å². The van der Waals surface area contributed by atoms with E-state index < -0.39 is 24.0 Å². The summed E-state index contributed by atoms with van der Waals surface area (Å²) in [5.41, 5.74) is -0.562. The van der Waals surface area contributed by atoms with Gasteiger partial charge in [-0.15, -0.1) is 0 Å². The molecule has 7 nitrogen and oxygen atoms in total. The van der Waals surface area contributed by atoms with Crippen LogP contribution in [0.15, 0.2) is 10.6 Å². The van der Waals surface area contributed by atoms with Crippen LogP contribution in [0.5, 0.6) is 0 Å². The lowest BCUT2D eigenvalue weighted by Gasteiger charge is -2.40. The Balaban J connectivity index is 1.51. The summed E-state index contributed by atoms with van der Waals surface area (Å²) < 4.78 is 53.8. The van der Waals surface area contributed by atoms with Gasteiger partial charge in [0, 0.05) is 24.5 Å². The Morgan fingerprint density at radius 1 is 1.29 bits per heavy atom. The average molecular weight is 447 g/mol. The topological polar surface area (TPSA) is 85.6 Å². The van der Waals surface area contributed by atoms with Gasteiger partial charge in [-0.25, -0.2) is 0 Å². The van der Waals surface area contributed by atoms with Crippen molar-refractivity contribution in [3.63, 3.8) is 0 Å². The number of hydrogen-bond acceptors (Lipinski definition) is 6. The van der Waals surface area contributed by atoms with E-state index in [0.29, 0.717) is 6.61 Å². The van der Waals surface area contributed by atoms with Crippen molar-refractivity contribution in [2.45, 2.75) is 88.6 Å². The van der Waals surface area contributed by atoms with Gasteiger partial charge in [0.2, 0.25) is 11.8 Å². The molecule has 2 N–H and O–H groups in total. The number of anilines is 1. The van der Waals surface area contributed by atoms with Gasteiger partial charge in [-0.3, -0.25) is 10.1 Å². The second-order valence-electron chi connectivity index (χ2n) is 9.04. The maximum absolute atomic E-state index is 12.6. The average Bonchev–Trinajstić information content (AvgIpc) is 3.13. The SMILES string of the molecule is CC(C)(NCCCC(F)(F)F)C(=O)Nc1cc(C2(COC3CCCCO3)CCC2)no1. The molecule has 10 heteroatoms. The van der Waals surface area contributed by atoms with Crippen molar-refractivity contribution < 1.29 is 32.0 Å². The van der Waals surface area contributed by atoms with Crippen LogP contribution in [-0.4, -0.2) is 48.8 Å². The first-order valence-corrected chi connectivity index (χ1v) is 10.9. The molecule has 31 heavy (non-hydrogen) atoms. The Bertz CT molecular complexity index is 726. The summed E-state index contributed by atoms with van der Waals surface area (Å²) in [6.07, 6.45) is 0.592. The summed E-state index contributed by atoms with van der Waals surface area (Å²) in [6, 6.07) is 1.71. The quantitative estimate of drug-likeness (QED) is 0.521. The number of hydrogen-bond donors (Lipinski definition) is 2. The fourth-order valence-corrected chi connectivity index (χ4v) is 3.80. The summed E-state index contributed by atoms with van der Waals surface area (Å²) >= 11 is 0. The molecule has 0 radical (unpaired) electrons. The summed E-state index contributed by atoms with van der Waals surface area (Å²) in [6.45, 7) is 4.50. The molecule has 0 aromatic carbocycles. The van der Waals surface area contributed by atoms with Crippen LogP contribution in [0.1, 0.15) is 70.9 Å². The Morgan fingerprint density at radius 3 is 2.68 bits per heavy atom. The second-order valence-corrected chi connectivity index (χ2v) is 9.04. The van der Waals surface area contributed by atoms with E-state index in [0.717, 1.165) is 50.8 Å². The first-order valence-electron chi connectivity index (χ1n) is 10.9. The number of aromatic nitrogens is 1. The van der Waals surface area contributed by atoms with E-state index >= 15 is 0 Å². The number of nitrogens with zero attached hydrogens (tertiary/aromatic N) is 1. The normalized spacial score (nSPS) is 21.5. The minimum atomic E-state index is -4.20. The molecule has 0 spiro atoms. The Kier molecular flexibility index (Phi) is 7.64. The zero-order valence-corrected chi connectivity index (χ0v) is 18.1.